The van der Waals surface area contributed by atoms with Gasteiger partial charge in [0.2, 0.25) is 0 Å². The second-order valence-corrected chi connectivity index (χ2v) is 6.83. The van der Waals surface area contributed by atoms with Crippen LogP contribution in [0.4, 0.5) is 0 Å². The van der Waals surface area contributed by atoms with Crippen molar-refractivity contribution in [2.45, 2.75) is 40.2 Å². The van der Waals surface area contributed by atoms with Gasteiger partial charge >= 0.3 is 0 Å². The minimum Gasteiger partial charge on any atom is -0.303 e. The number of hydrogen-bond donors (Lipinski definition) is 0. The first kappa shape index (κ1) is 12.7. The van der Waals surface area contributed by atoms with Gasteiger partial charge in [-0.05, 0) is 44.8 Å². The summed E-state index contributed by atoms with van der Waals surface area (Å²) in [4.78, 5) is 5.40. The van der Waals surface area contributed by atoms with E-state index in [4.69, 9.17) is 0 Å². The van der Waals surface area contributed by atoms with E-state index in [9.17, 15) is 0 Å². The van der Waals surface area contributed by atoms with E-state index in [2.05, 4.69) is 43.6 Å². The largest absolute Gasteiger partial charge is 0.303 e. The van der Waals surface area contributed by atoms with Crippen LogP contribution in [0.25, 0.3) is 0 Å². The van der Waals surface area contributed by atoms with Crippen LogP contribution in [0.1, 0.15) is 34.1 Å². The Morgan fingerprint density at radius 2 is 2.11 bits per heavy atom. The summed E-state index contributed by atoms with van der Waals surface area (Å²) in [6.07, 6.45) is 4.01. The lowest BCUT2D eigenvalue weighted by molar-refractivity contribution is -0.0904. The van der Waals surface area contributed by atoms with Crippen LogP contribution in [-0.2, 0) is 0 Å². The van der Waals surface area contributed by atoms with Crippen LogP contribution in [0.2, 0.25) is 0 Å². The molecule has 0 aromatic carbocycles. The summed E-state index contributed by atoms with van der Waals surface area (Å²) < 4.78 is 0. The molecule has 0 aromatic rings. The van der Waals surface area contributed by atoms with E-state index < -0.39 is 0 Å². The zero-order valence-electron chi connectivity index (χ0n) is 12.4. The maximum atomic E-state index is 2.73. The number of piperidine rings is 2. The average Bonchev–Trinajstić information content (AvgIpc) is 2.36. The Kier molecular flexibility index (Phi) is 3.06. The van der Waals surface area contributed by atoms with Crippen LogP contribution < -0.4 is 0 Å². The molecule has 1 unspecified atom stereocenters. The molecule has 3 heterocycles. The fourth-order valence-corrected chi connectivity index (χ4v) is 5.23. The zero-order chi connectivity index (χ0) is 12.9. The maximum absolute atomic E-state index is 2.73. The zero-order valence-corrected chi connectivity index (χ0v) is 12.4. The average molecular weight is 248 g/mol. The van der Waals surface area contributed by atoms with Gasteiger partial charge in [0.15, 0.2) is 0 Å². The van der Waals surface area contributed by atoms with E-state index in [1.165, 1.54) is 39.1 Å². The number of likely N-dealkylation sites (N-methyl/N-ethyl adjacent to an activating group) is 1. The molecule has 1 aliphatic carbocycles. The van der Waals surface area contributed by atoms with Gasteiger partial charge in [0.1, 0.15) is 0 Å². The van der Waals surface area contributed by atoms with Gasteiger partial charge in [-0.25, -0.2) is 0 Å². The molecule has 2 saturated heterocycles. The lowest BCUT2D eigenvalue weighted by Crippen LogP contribution is -2.67. The van der Waals surface area contributed by atoms with Gasteiger partial charge in [-0.1, -0.05) is 32.4 Å². The van der Waals surface area contributed by atoms with Crippen LogP contribution in [0.15, 0.2) is 11.6 Å². The van der Waals surface area contributed by atoms with Gasteiger partial charge in [0, 0.05) is 24.5 Å². The fourth-order valence-electron chi connectivity index (χ4n) is 5.23. The second kappa shape index (κ2) is 4.35. The minimum atomic E-state index is 0.492. The number of rotatable bonds is 2. The first-order valence-electron chi connectivity index (χ1n) is 7.74. The summed E-state index contributed by atoms with van der Waals surface area (Å²) in [6.45, 7) is 15.9. The molecule has 102 valence electrons. The maximum Gasteiger partial charge on any atom is 0.0374 e. The molecular weight excluding hydrogens is 220 g/mol. The van der Waals surface area contributed by atoms with Gasteiger partial charge in [-0.2, -0.15) is 0 Å². The Balaban J connectivity index is 1.96. The summed E-state index contributed by atoms with van der Waals surface area (Å²) in [5, 5.41) is 0. The Bertz CT molecular complexity index is 362. The van der Waals surface area contributed by atoms with Gasteiger partial charge in [0.25, 0.3) is 0 Å². The van der Waals surface area contributed by atoms with E-state index in [1.54, 1.807) is 5.57 Å². The molecule has 0 saturated carbocycles. The third-order valence-corrected chi connectivity index (χ3v) is 5.88. The molecule has 0 N–H and O–H groups in total. The van der Waals surface area contributed by atoms with Crippen LogP contribution in [0.3, 0.4) is 0 Å². The molecule has 4 rings (SSSR count). The summed E-state index contributed by atoms with van der Waals surface area (Å²) in [6, 6.07) is 0.701. The highest BCUT2D eigenvalue weighted by molar-refractivity contribution is 5.27. The lowest BCUT2D eigenvalue weighted by Gasteiger charge is -2.62. The quantitative estimate of drug-likeness (QED) is 0.693. The van der Waals surface area contributed by atoms with Crippen molar-refractivity contribution in [3.05, 3.63) is 11.6 Å². The number of nitrogens with zero attached hydrogens (tertiary/aromatic N) is 2. The third kappa shape index (κ3) is 1.61. The highest BCUT2D eigenvalue weighted by Crippen LogP contribution is 2.53. The molecular formula is C16H28N2. The molecule has 4 atom stereocenters. The topological polar surface area (TPSA) is 6.48 Å². The lowest BCUT2D eigenvalue weighted by atomic mass is 9.55. The second-order valence-electron chi connectivity index (χ2n) is 6.83. The van der Waals surface area contributed by atoms with Crippen molar-refractivity contribution in [3.8, 4) is 0 Å². The molecule has 4 aliphatic rings. The molecule has 2 fully saturated rings. The first-order valence-corrected chi connectivity index (χ1v) is 7.74. The minimum absolute atomic E-state index is 0.492. The molecule has 3 aliphatic heterocycles. The van der Waals surface area contributed by atoms with Gasteiger partial charge in [-0.15, -0.1) is 0 Å². The molecule has 0 aromatic heterocycles. The summed E-state index contributed by atoms with van der Waals surface area (Å²) in [5.41, 5.74) is 2.14. The van der Waals surface area contributed by atoms with E-state index in [1.807, 2.05) is 0 Å². The Hall–Kier alpha value is -0.340. The molecule has 2 nitrogen and oxygen atoms in total. The predicted octanol–water partition coefficient (Wildman–Crippen LogP) is 2.61. The predicted molar refractivity (Wildman–Crippen MR) is 76.6 cm³/mol. The van der Waals surface area contributed by atoms with E-state index in [0.717, 1.165) is 11.8 Å². The number of likely N-dealkylation sites (tertiary alicyclic amines) is 1. The van der Waals surface area contributed by atoms with Crippen molar-refractivity contribution >= 4 is 0 Å². The van der Waals surface area contributed by atoms with Crippen LogP contribution >= 0.6 is 0 Å². The van der Waals surface area contributed by atoms with Crippen LogP contribution in [-0.4, -0.2) is 48.6 Å². The van der Waals surface area contributed by atoms with Crippen molar-refractivity contribution < 1.29 is 0 Å². The van der Waals surface area contributed by atoms with Crippen molar-refractivity contribution in [3.63, 3.8) is 0 Å². The SMILES string of the molecule is CCN1CCC2[C@H]3C=C(C)[C@H](N(CC)C3)[C@@]2(C)C1. The Morgan fingerprint density at radius 1 is 1.33 bits per heavy atom. The van der Waals surface area contributed by atoms with Crippen molar-refractivity contribution in [1.82, 2.24) is 9.80 Å². The number of hydrogen-bond acceptors (Lipinski definition) is 2. The summed E-state index contributed by atoms with van der Waals surface area (Å²) in [5.74, 6) is 1.75. The third-order valence-electron chi connectivity index (χ3n) is 5.88. The Labute approximate surface area is 112 Å². The fraction of sp³-hybridized carbons (Fsp3) is 0.875. The smallest absolute Gasteiger partial charge is 0.0374 e. The normalized spacial score (nSPS) is 44.9. The van der Waals surface area contributed by atoms with Crippen LogP contribution in [0, 0.1) is 17.3 Å². The van der Waals surface area contributed by atoms with E-state index >= 15 is 0 Å². The first-order chi connectivity index (χ1) is 8.60. The van der Waals surface area contributed by atoms with E-state index in [0.29, 0.717) is 11.5 Å². The van der Waals surface area contributed by atoms with Crippen molar-refractivity contribution in [2.75, 3.05) is 32.7 Å². The van der Waals surface area contributed by atoms with Crippen molar-refractivity contribution in [1.29, 1.82) is 0 Å². The Morgan fingerprint density at radius 3 is 2.78 bits per heavy atom. The molecule has 0 radical (unpaired) electrons. The molecule has 2 bridgehead atoms. The van der Waals surface area contributed by atoms with E-state index in [-0.39, 0.29) is 0 Å². The number of fused-ring (bicyclic) bond motifs is 1. The molecule has 0 spiro atoms. The molecule has 0 amide bonds. The van der Waals surface area contributed by atoms with Gasteiger partial charge in [0.05, 0.1) is 0 Å². The van der Waals surface area contributed by atoms with Crippen molar-refractivity contribution in [2.24, 2.45) is 17.3 Å². The monoisotopic (exact) mass is 248 g/mol. The summed E-state index contributed by atoms with van der Waals surface area (Å²) in [7, 11) is 0. The standard InChI is InChI=1S/C16H28N2/c1-5-17-8-7-14-13-9-12(3)15(16(14,4)11-17)18(6-2)10-13/h9,13-15H,5-8,10-11H2,1-4H3/t13-,14?,15-,16-/m0/s1. The molecule has 2 heteroatoms. The highest BCUT2D eigenvalue weighted by atomic mass is 15.2. The van der Waals surface area contributed by atoms with Gasteiger partial charge in [-0.3, -0.25) is 4.90 Å². The highest BCUT2D eigenvalue weighted by Gasteiger charge is 2.55. The van der Waals surface area contributed by atoms with Crippen LogP contribution in [0.5, 0.6) is 0 Å². The summed E-state index contributed by atoms with van der Waals surface area (Å²) >= 11 is 0. The van der Waals surface area contributed by atoms with Gasteiger partial charge < -0.3 is 4.90 Å². The molecule has 18 heavy (non-hydrogen) atoms.